The lowest BCUT2D eigenvalue weighted by Crippen LogP contribution is -2.49. The molecule has 2 heterocycles. The molecule has 0 radical (unpaired) electrons. The van der Waals surface area contributed by atoms with Crippen molar-refractivity contribution in [2.24, 2.45) is 5.92 Å². The fraction of sp³-hybridized carbons (Fsp3) is 1.00. The predicted molar refractivity (Wildman–Crippen MR) is 76.0 cm³/mol. The van der Waals surface area contributed by atoms with Crippen molar-refractivity contribution >= 4 is 10.0 Å². The minimum atomic E-state index is -4.72. The van der Waals surface area contributed by atoms with Crippen LogP contribution in [0.15, 0.2) is 0 Å². The number of alkyl halides is 3. The molecular weight excluding hydrogens is 321 g/mol. The van der Waals surface area contributed by atoms with Gasteiger partial charge in [-0.2, -0.15) is 13.2 Å². The van der Waals surface area contributed by atoms with Gasteiger partial charge in [-0.3, -0.25) is 4.90 Å². The molecular formula is C13H23F3N2O3S. The van der Waals surface area contributed by atoms with E-state index in [-0.39, 0.29) is 13.1 Å². The van der Waals surface area contributed by atoms with Crippen LogP contribution in [0.1, 0.15) is 19.8 Å². The number of hydrogen-bond acceptors (Lipinski definition) is 4. The van der Waals surface area contributed by atoms with E-state index in [9.17, 15) is 21.6 Å². The average Bonchev–Trinajstić information content (AvgIpc) is 2.47. The minimum Gasteiger partial charge on any atom is -0.379 e. The van der Waals surface area contributed by atoms with Gasteiger partial charge in [-0.05, 0) is 25.7 Å². The molecule has 2 saturated heterocycles. The summed E-state index contributed by atoms with van der Waals surface area (Å²) in [5, 5.41) is -2.34. The average molecular weight is 344 g/mol. The molecule has 0 unspecified atom stereocenters. The van der Waals surface area contributed by atoms with Gasteiger partial charge in [0.05, 0.1) is 13.2 Å². The Hall–Kier alpha value is -0.380. The van der Waals surface area contributed by atoms with Gasteiger partial charge in [-0.1, -0.05) is 0 Å². The Morgan fingerprint density at radius 1 is 1.14 bits per heavy atom. The molecule has 5 nitrogen and oxygen atoms in total. The van der Waals surface area contributed by atoms with Crippen LogP contribution in [-0.2, 0) is 14.8 Å². The van der Waals surface area contributed by atoms with Gasteiger partial charge in [0.2, 0.25) is 10.0 Å². The molecule has 0 aromatic rings. The van der Waals surface area contributed by atoms with Crippen LogP contribution < -0.4 is 0 Å². The number of nitrogens with zero attached hydrogens (tertiary/aromatic N) is 2. The number of rotatable bonds is 4. The second-order valence-electron chi connectivity index (χ2n) is 5.98. The molecule has 2 aliphatic rings. The van der Waals surface area contributed by atoms with Gasteiger partial charge in [0.1, 0.15) is 0 Å². The second-order valence-corrected chi connectivity index (χ2v) is 8.24. The number of piperidine rings is 1. The summed E-state index contributed by atoms with van der Waals surface area (Å²) in [6.45, 7) is 5.08. The van der Waals surface area contributed by atoms with Gasteiger partial charge in [0, 0.05) is 32.7 Å². The highest BCUT2D eigenvalue weighted by atomic mass is 32.2. The number of ether oxygens (including phenoxy) is 1. The first-order chi connectivity index (χ1) is 10.2. The lowest BCUT2D eigenvalue weighted by molar-refractivity contribution is -0.127. The van der Waals surface area contributed by atoms with E-state index in [1.165, 1.54) is 0 Å². The van der Waals surface area contributed by atoms with Crippen molar-refractivity contribution in [3.63, 3.8) is 0 Å². The minimum absolute atomic E-state index is 0.178. The molecule has 9 heteroatoms. The zero-order chi connectivity index (χ0) is 16.4. The Kier molecular flexibility index (Phi) is 5.73. The summed E-state index contributed by atoms with van der Waals surface area (Å²) in [7, 11) is -4.30. The number of halogens is 3. The maximum absolute atomic E-state index is 12.7. The highest BCUT2D eigenvalue weighted by Gasteiger charge is 2.48. The van der Waals surface area contributed by atoms with Gasteiger partial charge < -0.3 is 4.74 Å². The van der Waals surface area contributed by atoms with Gasteiger partial charge in [-0.15, -0.1) is 0 Å². The first-order valence-electron chi connectivity index (χ1n) is 7.57. The van der Waals surface area contributed by atoms with Crippen molar-refractivity contribution in [3.8, 4) is 0 Å². The van der Waals surface area contributed by atoms with Gasteiger partial charge in [0.15, 0.2) is 5.25 Å². The standard InChI is InChI=1S/C13H23F3N2O3S/c1-11(13(14,15)16)22(19,20)18-4-2-12(3-5-18)10-17-6-8-21-9-7-17/h11-12H,2-10H2,1H3/t11-/m1/s1. The Bertz CT molecular complexity index is 456. The molecule has 0 saturated carbocycles. The third kappa shape index (κ3) is 4.33. The van der Waals surface area contributed by atoms with Gasteiger partial charge >= 0.3 is 6.18 Å². The Balaban J connectivity index is 1.86. The Morgan fingerprint density at radius 2 is 1.68 bits per heavy atom. The summed E-state index contributed by atoms with van der Waals surface area (Å²) < 4.78 is 68.3. The quantitative estimate of drug-likeness (QED) is 0.772. The number of morpholine rings is 1. The Morgan fingerprint density at radius 3 is 2.18 bits per heavy atom. The monoisotopic (exact) mass is 344 g/mol. The molecule has 1 atom stereocenters. The van der Waals surface area contributed by atoms with Crippen molar-refractivity contribution in [2.75, 3.05) is 45.9 Å². The van der Waals surface area contributed by atoms with Crippen LogP contribution in [0.4, 0.5) is 13.2 Å². The normalized spacial score (nSPS) is 25.3. The van der Waals surface area contributed by atoms with Crippen LogP contribution in [0.2, 0.25) is 0 Å². The fourth-order valence-electron chi connectivity index (χ4n) is 2.89. The summed E-state index contributed by atoms with van der Waals surface area (Å²) in [4.78, 5) is 2.27. The largest absolute Gasteiger partial charge is 0.406 e. The zero-order valence-corrected chi connectivity index (χ0v) is 13.5. The van der Waals surface area contributed by atoms with Crippen LogP contribution in [0, 0.1) is 5.92 Å². The first kappa shape index (κ1) is 18.0. The van der Waals surface area contributed by atoms with E-state index < -0.39 is 21.4 Å². The van der Waals surface area contributed by atoms with Gasteiger partial charge in [-0.25, -0.2) is 12.7 Å². The highest BCUT2D eigenvalue weighted by Crippen LogP contribution is 2.30. The summed E-state index contributed by atoms with van der Waals surface area (Å²) >= 11 is 0. The molecule has 0 aromatic carbocycles. The third-order valence-corrected chi connectivity index (χ3v) is 6.71. The maximum atomic E-state index is 12.7. The fourth-order valence-corrected chi connectivity index (χ4v) is 4.39. The topological polar surface area (TPSA) is 49.9 Å². The van der Waals surface area contributed by atoms with Crippen LogP contribution in [0.5, 0.6) is 0 Å². The van der Waals surface area contributed by atoms with Crippen LogP contribution in [-0.4, -0.2) is 75.0 Å². The predicted octanol–water partition coefficient (Wildman–Crippen LogP) is 1.31. The lowest BCUT2D eigenvalue weighted by Gasteiger charge is -2.36. The van der Waals surface area contributed by atoms with Crippen molar-refractivity contribution in [1.82, 2.24) is 9.21 Å². The maximum Gasteiger partial charge on any atom is 0.406 e. The molecule has 130 valence electrons. The first-order valence-corrected chi connectivity index (χ1v) is 9.07. The van der Waals surface area contributed by atoms with Crippen molar-refractivity contribution in [3.05, 3.63) is 0 Å². The van der Waals surface area contributed by atoms with E-state index in [0.717, 1.165) is 30.9 Å². The van der Waals surface area contributed by atoms with Crippen LogP contribution in [0.25, 0.3) is 0 Å². The van der Waals surface area contributed by atoms with Crippen LogP contribution in [0.3, 0.4) is 0 Å². The van der Waals surface area contributed by atoms with E-state index >= 15 is 0 Å². The molecule has 0 bridgehead atoms. The zero-order valence-electron chi connectivity index (χ0n) is 12.7. The molecule has 0 amide bonds. The SMILES string of the molecule is C[C@H](C(F)(F)F)S(=O)(=O)N1CCC(CN2CCOCC2)CC1. The molecule has 0 aliphatic carbocycles. The molecule has 0 aromatic heterocycles. The lowest BCUT2D eigenvalue weighted by atomic mass is 9.97. The summed E-state index contributed by atoms with van der Waals surface area (Å²) in [5.74, 6) is 0.339. The Labute approximate surface area is 129 Å². The van der Waals surface area contributed by atoms with Gasteiger partial charge in [0.25, 0.3) is 0 Å². The van der Waals surface area contributed by atoms with Crippen molar-refractivity contribution in [1.29, 1.82) is 0 Å². The van der Waals surface area contributed by atoms with E-state index in [1.54, 1.807) is 0 Å². The molecule has 0 spiro atoms. The van der Waals surface area contributed by atoms with Crippen molar-refractivity contribution < 1.29 is 26.3 Å². The number of hydrogen-bond donors (Lipinski definition) is 0. The summed E-state index contributed by atoms with van der Waals surface area (Å²) in [6.07, 6.45) is -3.49. The summed E-state index contributed by atoms with van der Waals surface area (Å²) in [6, 6.07) is 0. The van der Waals surface area contributed by atoms with E-state index in [0.29, 0.717) is 32.0 Å². The van der Waals surface area contributed by atoms with E-state index in [2.05, 4.69) is 4.90 Å². The second kappa shape index (κ2) is 7.02. The molecule has 0 N–H and O–H groups in total. The highest BCUT2D eigenvalue weighted by molar-refractivity contribution is 7.89. The van der Waals surface area contributed by atoms with E-state index in [4.69, 9.17) is 4.74 Å². The van der Waals surface area contributed by atoms with Crippen molar-refractivity contribution in [2.45, 2.75) is 31.2 Å². The molecule has 2 aliphatic heterocycles. The van der Waals surface area contributed by atoms with E-state index in [1.807, 2.05) is 0 Å². The molecule has 2 fully saturated rings. The summed E-state index contributed by atoms with van der Waals surface area (Å²) in [5.41, 5.74) is 0. The third-order valence-electron chi connectivity index (χ3n) is 4.46. The van der Waals surface area contributed by atoms with Crippen LogP contribution >= 0.6 is 0 Å². The molecule has 22 heavy (non-hydrogen) atoms. The molecule has 2 rings (SSSR count). The number of sulfonamides is 1. The smallest absolute Gasteiger partial charge is 0.379 e.